The number of benzene rings is 2. The summed E-state index contributed by atoms with van der Waals surface area (Å²) in [4.78, 5) is 25.7. The lowest BCUT2D eigenvalue weighted by molar-refractivity contribution is -0.206. The number of aromatic hydroxyl groups is 1. The van der Waals surface area contributed by atoms with E-state index in [2.05, 4.69) is 0 Å². The van der Waals surface area contributed by atoms with Gasteiger partial charge in [0.15, 0.2) is 29.1 Å². The number of methoxy groups -OCH3 is 3. The van der Waals surface area contributed by atoms with Gasteiger partial charge in [-0.3, -0.25) is 4.79 Å². The number of ether oxygens (including phenoxy) is 7. The molecule has 4 rings (SSSR count). The number of hydrogen-bond acceptors (Lipinski definition) is 11. The van der Waals surface area contributed by atoms with Crippen molar-refractivity contribution in [3.8, 4) is 45.6 Å². The van der Waals surface area contributed by atoms with Crippen LogP contribution in [0.4, 0.5) is 0 Å². The number of hydrogen-bond donors (Lipinski definition) is 2. The number of aliphatic hydroxyl groups is 1. The van der Waals surface area contributed by atoms with Gasteiger partial charge in [0.25, 0.3) is 0 Å². The van der Waals surface area contributed by atoms with E-state index in [4.69, 9.17) is 33.2 Å². The Kier molecular flexibility index (Phi) is 7.79. The third-order valence-electron chi connectivity index (χ3n) is 8.08. The maximum Gasteiger partial charge on any atom is 0.334 e. The van der Waals surface area contributed by atoms with E-state index >= 15 is 0 Å². The van der Waals surface area contributed by atoms with Gasteiger partial charge in [-0.25, -0.2) is 4.79 Å². The number of allylic oxidation sites excluding steroid dienone is 1. The zero-order valence-electron chi connectivity index (χ0n) is 24.7. The van der Waals surface area contributed by atoms with Crippen LogP contribution in [0.5, 0.6) is 34.5 Å². The van der Waals surface area contributed by atoms with Gasteiger partial charge in [-0.05, 0) is 32.9 Å². The van der Waals surface area contributed by atoms with Gasteiger partial charge in [-0.2, -0.15) is 0 Å². The molecule has 0 amide bonds. The Morgan fingerprint density at radius 1 is 0.927 bits per heavy atom. The molecule has 0 saturated carbocycles. The van der Waals surface area contributed by atoms with Gasteiger partial charge < -0.3 is 43.4 Å². The summed E-state index contributed by atoms with van der Waals surface area (Å²) in [6, 6.07) is 3.16. The average Bonchev–Trinajstić information content (AvgIpc) is 3.41. The predicted molar refractivity (Wildman–Crippen MR) is 146 cm³/mol. The molecule has 222 valence electrons. The van der Waals surface area contributed by atoms with Crippen molar-refractivity contribution in [2.45, 2.75) is 59.4 Å². The molecule has 2 aromatic carbocycles. The molecule has 3 atom stereocenters. The van der Waals surface area contributed by atoms with Crippen molar-refractivity contribution >= 4 is 11.9 Å². The summed E-state index contributed by atoms with van der Waals surface area (Å²) in [7, 11) is 4.25. The molecule has 0 saturated heterocycles. The van der Waals surface area contributed by atoms with Crippen LogP contribution in [0.25, 0.3) is 11.1 Å². The standard InChI is InChI=1S/C30H36O11/c1-10-14(2)28(33)41-27-17-11-18(35-7)24(36-8)25(37-9)21(17)20-16(12-19-23(22(20)32)39-13-38-19)26(40-15(3)31)29(4,5)30(27,6)34/h10-12,26-27,32,34H,13H2,1-9H3/t26-,27?,30+/m0/s1. The minimum Gasteiger partial charge on any atom is -0.504 e. The van der Waals surface area contributed by atoms with E-state index < -0.39 is 35.2 Å². The maximum atomic E-state index is 13.2. The Morgan fingerprint density at radius 3 is 2.12 bits per heavy atom. The van der Waals surface area contributed by atoms with Crippen LogP contribution in [0.1, 0.15) is 64.9 Å². The van der Waals surface area contributed by atoms with Crippen LogP contribution in [0.3, 0.4) is 0 Å². The summed E-state index contributed by atoms with van der Waals surface area (Å²) in [5.41, 5.74) is -2.04. The number of rotatable bonds is 6. The number of phenols is 1. The number of esters is 2. The quantitative estimate of drug-likeness (QED) is 0.366. The van der Waals surface area contributed by atoms with E-state index in [0.29, 0.717) is 11.1 Å². The number of fused-ring (bicyclic) bond motifs is 4. The molecule has 1 aliphatic carbocycles. The Labute approximate surface area is 238 Å². The lowest BCUT2D eigenvalue weighted by atomic mass is 9.63. The first kappa shape index (κ1) is 29.9. The first-order valence-corrected chi connectivity index (χ1v) is 13.0. The van der Waals surface area contributed by atoms with Gasteiger partial charge in [-0.15, -0.1) is 0 Å². The van der Waals surface area contributed by atoms with Gasteiger partial charge in [0, 0.05) is 40.2 Å². The highest BCUT2D eigenvalue weighted by atomic mass is 16.7. The van der Waals surface area contributed by atoms with Crippen LogP contribution in [0.15, 0.2) is 23.8 Å². The van der Waals surface area contributed by atoms with Crippen molar-refractivity contribution in [2.75, 3.05) is 28.1 Å². The third-order valence-corrected chi connectivity index (χ3v) is 8.08. The number of phenolic OH excluding ortho intramolecular Hbond substituents is 1. The van der Waals surface area contributed by atoms with Gasteiger partial charge in [0.2, 0.25) is 18.3 Å². The number of carbonyl (C=O) groups is 2. The van der Waals surface area contributed by atoms with Crippen molar-refractivity contribution in [3.63, 3.8) is 0 Å². The number of carbonyl (C=O) groups excluding carboxylic acids is 2. The fourth-order valence-electron chi connectivity index (χ4n) is 5.32. The largest absolute Gasteiger partial charge is 0.504 e. The zero-order valence-corrected chi connectivity index (χ0v) is 24.7. The molecule has 1 heterocycles. The van der Waals surface area contributed by atoms with E-state index in [9.17, 15) is 19.8 Å². The minimum absolute atomic E-state index is 0.0663. The summed E-state index contributed by atoms with van der Waals surface area (Å²) in [6.45, 7) is 9.23. The van der Waals surface area contributed by atoms with Crippen molar-refractivity contribution in [1.82, 2.24) is 0 Å². The van der Waals surface area contributed by atoms with E-state index in [1.54, 1.807) is 45.9 Å². The molecule has 0 spiro atoms. The highest BCUT2D eigenvalue weighted by Crippen LogP contribution is 2.63. The summed E-state index contributed by atoms with van der Waals surface area (Å²) in [5, 5.41) is 24.1. The zero-order chi connectivity index (χ0) is 30.4. The fraction of sp³-hybridized carbons (Fsp3) is 0.467. The highest BCUT2D eigenvalue weighted by molar-refractivity contribution is 5.91. The summed E-state index contributed by atoms with van der Waals surface area (Å²) in [6.07, 6.45) is -0.981. The smallest absolute Gasteiger partial charge is 0.334 e. The maximum absolute atomic E-state index is 13.2. The average molecular weight is 573 g/mol. The van der Waals surface area contributed by atoms with E-state index in [1.165, 1.54) is 35.2 Å². The Bertz CT molecular complexity index is 1420. The van der Waals surface area contributed by atoms with Gasteiger partial charge in [-0.1, -0.05) is 19.9 Å². The van der Waals surface area contributed by atoms with Crippen molar-refractivity contribution < 1.29 is 53.0 Å². The summed E-state index contributed by atoms with van der Waals surface area (Å²) >= 11 is 0. The van der Waals surface area contributed by atoms with Crippen molar-refractivity contribution in [2.24, 2.45) is 5.41 Å². The molecule has 2 N–H and O–H groups in total. The first-order chi connectivity index (χ1) is 19.3. The monoisotopic (exact) mass is 572 g/mol. The molecule has 11 heteroatoms. The van der Waals surface area contributed by atoms with Crippen LogP contribution in [-0.4, -0.2) is 55.9 Å². The Hall–Kier alpha value is -4.12. The molecular weight excluding hydrogens is 536 g/mol. The van der Waals surface area contributed by atoms with Crippen molar-refractivity contribution in [3.05, 3.63) is 34.9 Å². The van der Waals surface area contributed by atoms with Gasteiger partial charge in [0.05, 0.1) is 21.3 Å². The molecule has 1 aliphatic heterocycles. The normalized spacial score (nSPS) is 22.4. The van der Waals surface area contributed by atoms with Crippen LogP contribution in [0.2, 0.25) is 0 Å². The van der Waals surface area contributed by atoms with Crippen molar-refractivity contribution in [1.29, 1.82) is 0 Å². The SMILES string of the molecule is CC=C(C)C(=O)OC1c2cc(OC)c(OC)c(OC)c2-c2c(cc3c(c2O)OCO3)[C@H](OC(C)=O)C(C)(C)[C@]1(C)O. The molecule has 0 fully saturated rings. The van der Waals surface area contributed by atoms with Gasteiger partial charge >= 0.3 is 11.9 Å². The lowest BCUT2D eigenvalue weighted by Gasteiger charge is -2.50. The van der Waals surface area contributed by atoms with E-state index in [1.807, 2.05) is 0 Å². The molecule has 41 heavy (non-hydrogen) atoms. The molecule has 11 nitrogen and oxygen atoms in total. The molecular formula is C30H36O11. The second-order valence-electron chi connectivity index (χ2n) is 10.6. The first-order valence-electron chi connectivity index (χ1n) is 13.0. The molecule has 2 aromatic rings. The molecule has 0 bridgehead atoms. The third kappa shape index (κ3) is 4.57. The molecule has 0 aromatic heterocycles. The van der Waals surface area contributed by atoms with E-state index in [-0.39, 0.29) is 58.0 Å². The Morgan fingerprint density at radius 2 is 1.56 bits per heavy atom. The Balaban J connectivity index is 2.27. The van der Waals surface area contributed by atoms with Gasteiger partial charge in [0.1, 0.15) is 11.7 Å². The minimum atomic E-state index is -1.90. The second kappa shape index (κ2) is 10.7. The molecule has 1 unspecified atom stereocenters. The van der Waals surface area contributed by atoms with E-state index in [0.717, 1.165) is 0 Å². The van der Waals surface area contributed by atoms with Crippen LogP contribution >= 0.6 is 0 Å². The fourth-order valence-corrected chi connectivity index (χ4v) is 5.32. The molecule has 0 radical (unpaired) electrons. The predicted octanol–water partition coefficient (Wildman–Crippen LogP) is 4.76. The molecule has 2 aliphatic rings. The highest BCUT2D eigenvalue weighted by Gasteiger charge is 2.57. The lowest BCUT2D eigenvalue weighted by Crippen LogP contribution is -2.53. The van der Waals surface area contributed by atoms with Crippen LogP contribution in [0, 0.1) is 5.41 Å². The van der Waals surface area contributed by atoms with Crippen LogP contribution < -0.4 is 23.7 Å². The summed E-state index contributed by atoms with van der Waals surface area (Å²) < 4.78 is 40.2. The summed E-state index contributed by atoms with van der Waals surface area (Å²) in [5.74, 6) is -0.856. The van der Waals surface area contributed by atoms with Crippen LogP contribution in [-0.2, 0) is 19.1 Å². The topological polar surface area (TPSA) is 139 Å². The second-order valence-corrected chi connectivity index (χ2v) is 10.6.